The van der Waals surface area contributed by atoms with Gasteiger partial charge in [-0.05, 0) is 66.2 Å². The molecule has 0 atom stereocenters. The first kappa shape index (κ1) is 23.2. The van der Waals surface area contributed by atoms with Crippen LogP contribution in [0, 0.1) is 0 Å². The van der Waals surface area contributed by atoms with E-state index in [1.165, 1.54) is 6.21 Å². The molecule has 3 rings (SSSR count). The Balaban J connectivity index is 1.45. The average Bonchev–Trinajstić information content (AvgIpc) is 2.79. The minimum absolute atomic E-state index is 0.258. The number of hydrazone groups is 1. The Bertz CT molecular complexity index is 1150. The number of nitrogens with one attached hydrogen (secondary N) is 2. The number of benzene rings is 3. The van der Waals surface area contributed by atoms with Gasteiger partial charge in [-0.3, -0.25) is 9.59 Å². The van der Waals surface area contributed by atoms with E-state index in [2.05, 4.69) is 31.8 Å². The number of rotatable bonds is 7. The molecule has 0 bridgehead atoms. The van der Waals surface area contributed by atoms with E-state index in [9.17, 15) is 14.4 Å². The smallest absolute Gasteiger partial charge is 0.343 e. The Morgan fingerprint density at radius 2 is 1.66 bits per heavy atom. The molecule has 0 unspecified atom stereocenters. The minimum Gasteiger partial charge on any atom is -0.423 e. The lowest BCUT2D eigenvalue weighted by Crippen LogP contribution is -2.35. The second-order valence-corrected chi connectivity index (χ2v) is 7.74. The molecule has 2 amide bonds. The van der Waals surface area contributed by atoms with Crippen LogP contribution in [-0.2, 0) is 4.79 Å². The van der Waals surface area contributed by atoms with Crippen LogP contribution in [0.3, 0.4) is 0 Å². The van der Waals surface area contributed by atoms with E-state index in [4.69, 9.17) is 16.3 Å². The van der Waals surface area contributed by atoms with Crippen molar-refractivity contribution in [3.05, 3.63) is 99.0 Å². The van der Waals surface area contributed by atoms with Crippen LogP contribution in [0.2, 0.25) is 5.02 Å². The fourth-order valence-corrected chi connectivity index (χ4v) is 2.98. The maximum absolute atomic E-state index is 12.1. The molecule has 0 spiro atoms. The Morgan fingerprint density at radius 1 is 0.969 bits per heavy atom. The van der Waals surface area contributed by atoms with Gasteiger partial charge in [-0.2, -0.15) is 5.10 Å². The summed E-state index contributed by atoms with van der Waals surface area (Å²) in [7, 11) is 0. The number of carbonyl (C=O) groups excluding carboxylic acids is 3. The van der Waals surface area contributed by atoms with Gasteiger partial charge in [-0.1, -0.05) is 39.7 Å². The van der Waals surface area contributed by atoms with E-state index < -0.39 is 17.8 Å². The van der Waals surface area contributed by atoms with Crippen LogP contribution >= 0.6 is 27.5 Å². The zero-order valence-electron chi connectivity index (χ0n) is 16.5. The monoisotopic (exact) mass is 513 g/mol. The number of esters is 1. The van der Waals surface area contributed by atoms with Crippen molar-refractivity contribution in [2.24, 2.45) is 5.10 Å². The first-order valence-corrected chi connectivity index (χ1v) is 10.5. The van der Waals surface area contributed by atoms with Crippen molar-refractivity contribution in [3.8, 4) is 5.75 Å². The molecule has 0 aliphatic rings. The van der Waals surface area contributed by atoms with E-state index in [0.717, 1.165) is 4.47 Å². The summed E-state index contributed by atoms with van der Waals surface area (Å²) in [6.07, 6.45) is 1.42. The maximum atomic E-state index is 12.1. The van der Waals surface area contributed by atoms with E-state index >= 15 is 0 Å². The highest BCUT2D eigenvalue weighted by molar-refractivity contribution is 9.10. The molecule has 0 aliphatic heterocycles. The molecule has 0 radical (unpaired) electrons. The lowest BCUT2D eigenvalue weighted by Gasteiger charge is -2.06. The molecule has 32 heavy (non-hydrogen) atoms. The lowest BCUT2D eigenvalue weighted by atomic mass is 10.2. The van der Waals surface area contributed by atoms with Crippen LogP contribution in [-0.4, -0.2) is 30.5 Å². The quantitative estimate of drug-likeness (QED) is 0.214. The summed E-state index contributed by atoms with van der Waals surface area (Å²) in [4.78, 5) is 36.0. The van der Waals surface area contributed by atoms with Gasteiger partial charge in [0.1, 0.15) is 5.75 Å². The third-order valence-corrected chi connectivity index (χ3v) is 4.96. The third-order valence-electron chi connectivity index (χ3n) is 4.10. The summed E-state index contributed by atoms with van der Waals surface area (Å²) in [5, 5.41) is 6.61. The first-order valence-electron chi connectivity index (χ1n) is 9.35. The number of hydrogen-bond donors (Lipinski definition) is 2. The lowest BCUT2D eigenvalue weighted by molar-refractivity contribution is -0.120. The molecule has 0 heterocycles. The second kappa shape index (κ2) is 11.2. The Labute approximate surface area is 197 Å². The fraction of sp³-hybridized carbons (Fsp3) is 0.0435. The molecule has 9 heteroatoms. The molecular formula is C23H17BrClN3O4. The van der Waals surface area contributed by atoms with Crippen LogP contribution in [0.15, 0.2) is 82.4 Å². The van der Waals surface area contributed by atoms with Gasteiger partial charge in [0, 0.05) is 4.47 Å². The van der Waals surface area contributed by atoms with Gasteiger partial charge in [0.05, 0.1) is 28.9 Å². The summed E-state index contributed by atoms with van der Waals surface area (Å²) in [6, 6.07) is 20.0. The SMILES string of the molecule is O=C(CNC(=O)c1ccccc1Cl)N/N=C/c1ccc(OC(=O)c2ccc(Br)cc2)cc1. The van der Waals surface area contributed by atoms with E-state index in [1.807, 2.05) is 0 Å². The fourth-order valence-electron chi connectivity index (χ4n) is 2.49. The van der Waals surface area contributed by atoms with E-state index in [0.29, 0.717) is 21.9 Å². The minimum atomic E-state index is -0.498. The normalized spacial score (nSPS) is 10.6. The number of hydrogen-bond acceptors (Lipinski definition) is 5. The van der Waals surface area contributed by atoms with Gasteiger partial charge >= 0.3 is 5.97 Å². The number of nitrogens with zero attached hydrogens (tertiary/aromatic N) is 1. The van der Waals surface area contributed by atoms with E-state index in [-0.39, 0.29) is 12.1 Å². The van der Waals surface area contributed by atoms with Crippen LogP contribution in [0.1, 0.15) is 26.3 Å². The van der Waals surface area contributed by atoms with Crippen molar-refractivity contribution in [2.75, 3.05) is 6.54 Å². The van der Waals surface area contributed by atoms with Gasteiger partial charge in [0.25, 0.3) is 11.8 Å². The Hall–Kier alpha value is -3.49. The summed E-state index contributed by atoms with van der Waals surface area (Å²) < 4.78 is 6.19. The predicted octanol–water partition coefficient (Wildman–Crippen LogP) is 4.20. The predicted molar refractivity (Wildman–Crippen MR) is 125 cm³/mol. The summed E-state index contributed by atoms with van der Waals surface area (Å²) in [5.74, 6) is -1.05. The van der Waals surface area contributed by atoms with Crippen molar-refractivity contribution in [1.29, 1.82) is 0 Å². The molecular weight excluding hydrogens is 498 g/mol. The van der Waals surface area contributed by atoms with Gasteiger partial charge in [0.2, 0.25) is 0 Å². The van der Waals surface area contributed by atoms with Gasteiger partial charge in [-0.25, -0.2) is 10.2 Å². The molecule has 3 aromatic carbocycles. The molecule has 0 aliphatic carbocycles. The molecule has 7 nitrogen and oxygen atoms in total. The molecule has 0 saturated heterocycles. The van der Waals surface area contributed by atoms with Gasteiger partial charge < -0.3 is 10.1 Å². The van der Waals surface area contributed by atoms with Crippen LogP contribution in [0.25, 0.3) is 0 Å². The van der Waals surface area contributed by atoms with Crippen molar-refractivity contribution >= 4 is 51.5 Å². The standard InChI is InChI=1S/C23H17BrClN3O4/c24-17-9-7-16(8-10-17)23(31)32-18-11-5-15(6-12-18)13-27-28-21(29)14-26-22(30)19-3-1-2-4-20(19)25/h1-13H,14H2,(H,26,30)(H,28,29)/b27-13+. The molecule has 162 valence electrons. The molecule has 0 aromatic heterocycles. The van der Waals surface area contributed by atoms with Crippen LogP contribution < -0.4 is 15.5 Å². The maximum Gasteiger partial charge on any atom is 0.343 e. The number of carbonyl (C=O) groups is 3. The average molecular weight is 515 g/mol. The second-order valence-electron chi connectivity index (χ2n) is 6.42. The van der Waals surface area contributed by atoms with E-state index in [1.54, 1.807) is 72.8 Å². The Morgan fingerprint density at radius 3 is 2.34 bits per heavy atom. The Kier molecular flexibility index (Phi) is 8.13. The highest BCUT2D eigenvalue weighted by Crippen LogP contribution is 2.16. The topological polar surface area (TPSA) is 96.9 Å². The molecule has 2 N–H and O–H groups in total. The van der Waals surface area contributed by atoms with Crippen LogP contribution in [0.4, 0.5) is 0 Å². The van der Waals surface area contributed by atoms with Crippen molar-refractivity contribution in [3.63, 3.8) is 0 Å². The zero-order chi connectivity index (χ0) is 22.9. The molecule has 0 fully saturated rings. The number of halogens is 2. The van der Waals surface area contributed by atoms with Crippen molar-refractivity contribution in [1.82, 2.24) is 10.7 Å². The van der Waals surface area contributed by atoms with Gasteiger partial charge in [0.15, 0.2) is 0 Å². The summed E-state index contributed by atoms with van der Waals surface area (Å²) in [6.45, 7) is -0.258. The van der Waals surface area contributed by atoms with Crippen molar-refractivity contribution in [2.45, 2.75) is 0 Å². The van der Waals surface area contributed by atoms with Crippen LogP contribution in [0.5, 0.6) is 5.75 Å². The highest BCUT2D eigenvalue weighted by atomic mass is 79.9. The first-order chi connectivity index (χ1) is 15.4. The number of ether oxygens (including phenoxy) is 1. The van der Waals surface area contributed by atoms with Gasteiger partial charge in [-0.15, -0.1) is 0 Å². The van der Waals surface area contributed by atoms with Crippen molar-refractivity contribution < 1.29 is 19.1 Å². The third kappa shape index (κ3) is 6.76. The highest BCUT2D eigenvalue weighted by Gasteiger charge is 2.11. The molecule has 0 saturated carbocycles. The molecule has 3 aromatic rings. The number of amides is 2. The zero-order valence-corrected chi connectivity index (χ0v) is 18.9. The largest absolute Gasteiger partial charge is 0.423 e. The summed E-state index contributed by atoms with van der Waals surface area (Å²) >= 11 is 9.26. The summed E-state index contributed by atoms with van der Waals surface area (Å²) in [5.41, 5.74) is 3.71.